The highest BCUT2D eigenvalue weighted by Crippen LogP contribution is 2.24. The molecule has 0 aromatic heterocycles. The van der Waals surface area contributed by atoms with Crippen molar-refractivity contribution < 1.29 is 22.4 Å². The van der Waals surface area contributed by atoms with E-state index in [-0.39, 0.29) is 30.6 Å². The Kier molecular flexibility index (Phi) is 11.0. The third-order valence-electron chi connectivity index (χ3n) is 6.89. The van der Waals surface area contributed by atoms with Crippen molar-refractivity contribution in [3.05, 3.63) is 101 Å². The van der Waals surface area contributed by atoms with Crippen LogP contribution in [-0.2, 0) is 32.8 Å². The second-order valence-electron chi connectivity index (χ2n) is 10.3. The van der Waals surface area contributed by atoms with Gasteiger partial charge in [0, 0.05) is 33.1 Å². The molecule has 0 saturated heterocycles. The Morgan fingerprint density at radius 1 is 0.902 bits per heavy atom. The number of carbonyl (C=O) groups is 2. The Bertz CT molecular complexity index is 1420. The maximum absolute atomic E-state index is 14.9. The minimum absolute atomic E-state index is 0.0532. The van der Waals surface area contributed by atoms with Gasteiger partial charge in [0.1, 0.15) is 18.4 Å². The topological polar surface area (TPSA) is 90.0 Å². The molecule has 3 rings (SSSR count). The molecule has 3 aromatic carbocycles. The van der Waals surface area contributed by atoms with E-state index in [1.165, 1.54) is 37.2 Å². The van der Waals surface area contributed by atoms with Gasteiger partial charge >= 0.3 is 10.2 Å². The monoisotopic (exact) mass is 582 g/mol. The number of nitrogens with one attached hydrogen (secondary N) is 1. The molecule has 0 aliphatic carbocycles. The molecule has 0 bridgehead atoms. The molecule has 3 aromatic rings. The molecule has 0 heterocycles. The Hall–Kier alpha value is -3.76. The fourth-order valence-corrected chi connectivity index (χ4v) is 5.31. The lowest BCUT2D eigenvalue weighted by molar-refractivity contribution is -0.140. The third-order valence-corrected chi connectivity index (χ3v) is 8.69. The molecule has 0 aliphatic heterocycles. The molecule has 2 atom stereocenters. The van der Waals surface area contributed by atoms with Crippen LogP contribution in [0.2, 0.25) is 0 Å². The smallest absolute Gasteiger partial charge is 0.304 e. The van der Waals surface area contributed by atoms with Crippen molar-refractivity contribution in [2.24, 2.45) is 0 Å². The van der Waals surface area contributed by atoms with Crippen LogP contribution in [0, 0.1) is 12.7 Å². The zero-order valence-electron chi connectivity index (χ0n) is 24.2. The Morgan fingerprint density at radius 3 is 2.10 bits per heavy atom. The van der Waals surface area contributed by atoms with E-state index in [1.807, 2.05) is 75.4 Å². The second kappa shape index (κ2) is 14.2. The van der Waals surface area contributed by atoms with Gasteiger partial charge in [0.15, 0.2) is 0 Å². The third kappa shape index (κ3) is 8.37. The number of benzene rings is 3. The standard InChI is InChI=1S/C31H39FN4O4S/c1-6-24(3)33-31(38)29(20-25-12-8-7-9-13-25)35(21-26-18-16-23(2)17-19-26)30(37)22-36(41(39,40)34(4)5)28-15-11-10-14-27(28)32/h7-19,24,29H,6,20-22H2,1-5H3,(H,33,38). The van der Waals surface area contributed by atoms with Crippen molar-refractivity contribution in [1.29, 1.82) is 0 Å². The quantitative estimate of drug-likeness (QED) is 0.326. The number of anilines is 1. The summed E-state index contributed by atoms with van der Waals surface area (Å²) in [6, 6.07) is 21.2. The summed E-state index contributed by atoms with van der Waals surface area (Å²) < 4.78 is 43.3. The summed E-state index contributed by atoms with van der Waals surface area (Å²) in [4.78, 5) is 29.3. The van der Waals surface area contributed by atoms with Crippen LogP contribution in [0.1, 0.15) is 37.0 Å². The molecule has 0 radical (unpaired) electrons. The van der Waals surface area contributed by atoms with Gasteiger partial charge in [0.2, 0.25) is 11.8 Å². The summed E-state index contributed by atoms with van der Waals surface area (Å²) in [5.74, 6) is -1.78. The van der Waals surface area contributed by atoms with E-state index in [0.717, 1.165) is 31.4 Å². The van der Waals surface area contributed by atoms with E-state index in [1.54, 1.807) is 0 Å². The average Bonchev–Trinajstić information content (AvgIpc) is 2.95. The molecule has 10 heteroatoms. The molecule has 2 amide bonds. The minimum atomic E-state index is -4.27. The summed E-state index contributed by atoms with van der Waals surface area (Å²) in [5.41, 5.74) is 2.38. The number of hydrogen-bond donors (Lipinski definition) is 1. The molecular weight excluding hydrogens is 543 g/mol. The molecular formula is C31H39FN4O4S. The zero-order chi connectivity index (χ0) is 30.2. The Morgan fingerprint density at radius 2 is 1.51 bits per heavy atom. The average molecular weight is 583 g/mol. The number of nitrogens with zero attached hydrogens (tertiary/aromatic N) is 3. The van der Waals surface area contributed by atoms with Crippen molar-refractivity contribution in [1.82, 2.24) is 14.5 Å². The van der Waals surface area contributed by atoms with Crippen molar-refractivity contribution in [2.45, 2.75) is 52.2 Å². The Balaban J connectivity index is 2.10. The highest BCUT2D eigenvalue weighted by Gasteiger charge is 2.35. The zero-order valence-corrected chi connectivity index (χ0v) is 25.1. The lowest BCUT2D eigenvalue weighted by Gasteiger charge is -2.35. The summed E-state index contributed by atoms with van der Waals surface area (Å²) >= 11 is 0. The fraction of sp³-hybridized carbons (Fsp3) is 0.355. The number of para-hydroxylation sites is 1. The summed E-state index contributed by atoms with van der Waals surface area (Å²) in [6.07, 6.45) is 0.901. The lowest BCUT2D eigenvalue weighted by atomic mass is 10.0. The van der Waals surface area contributed by atoms with Gasteiger partial charge in [-0.1, -0.05) is 79.2 Å². The molecule has 2 unspecified atom stereocenters. The van der Waals surface area contributed by atoms with Gasteiger partial charge in [0.25, 0.3) is 0 Å². The molecule has 220 valence electrons. The first-order valence-corrected chi connectivity index (χ1v) is 15.0. The van der Waals surface area contributed by atoms with Crippen LogP contribution in [0.15, 0.2) is 78.9 Å². The number of amides is 2. The van der Waals surface area contributed by atoms with Crippen molar-refractivity contribution in [3.63, 3.8) is 0 Å². The molecule has 0 aliphatic rings. The number of rotatable bonds is 13. The van der Waals surface area contributed by atoms with Crippen LogP contribution in [0.5, 0.6) is 0 Å². The fourth-order valence-electron chi connectivity index (χ4n) is 4.24. The van der Waals surface area contributed by atoms with Gasteiger partial charge < -0.3 is 10.2 Å². The number of halogens is 1. The van der Waals surface area contributed by atoms with Crippen LogP contribution in [0.4, 0.5) is 10.1 Å². The predicted octanol–water partition coefficient (Wildman–Crippen LogP) is 4.30. The van der Waals surface area contributed by atoms with E-state index in [9.17, 15) is 22.4 Å². The summed E-state index contributed by atoms with van der Waals surface area (Å²) in [7, 11) is -1.64. The number of carbonyl (C=O) groups excluding carboxylic acids is 2. The second-order valence-corrected chi connectivity index (χ2v) is 12.3. The predicted molar refractivity (Wildman–Crippen MR) is 160 cm³/mol. The van der Waals surface area contributed by atoms with Crippen LogP contribution >= 0.6 is 0 Å². The van der Waals surface area contributed by atoms with Crippen LogP contribution in [-0.4, -0.2) is 62.2 Å². The first kappa shape index (κ1) is 31.8. The number of hydrogen-bond acceptors (Lipinski definition) is 4. The van der Waals surface area contributed by atoms with Gasteiger partial charge in [-0.2, -0.15) is 12.7 Å². The summed E-state index contributed by atoms with van der Waals surface area (Å²) in [6.45, 7) is 5.13. The maximum Gasteiger partial charge on any atom is 0.304 e. The maximum atomic E-state index is 14.9. The highest BCUT2D eigenvalue weighted by molar-refractivity contribution is 7.90. The highest BCUT2D eigenvalue weighted by atomic mass is 32.2. The lowest BCUT2D eigenvalue weighted by Crippen LogP contribution is -2.55. The van der Waals surface area contributed by atoms with E-state index in [2.05, 4.69) is 5.32 Å². The largest absolute Gasteiger partial charge is 0.352 e. The molecule has 1 N–H and O–H groups in total. The van der Waals surface area contributed by atoms with Gasteiger partial charge in [-0.05, 0) is 43.5 Å². The van der Waals surface area contributed by atoms with Crippen molar-refractivity contribution in [3.8, 4) is 0 Å². The minimum Gasteiger partial charge on any atom is -0.352 e. The number of aryl methyl sites for hydroxylation is 1. The van der Waals surface area contributed by atoms with Gasteiger partial charge in [-0.3, -0.25) is 9.59 Å². The van der Waals surface area contributed by atoms with Crippen LogP contribution < -0.4 is 9.62 Å². The van der Waals surface area contributed by atoms with Gasteiger partial charge in [-0.15, -0.1) is 0 Å². The van der Waals surface area contributed by atoms with Crippen LogP contribution in [0.25, 0.3) is 0 Å². The molecule has 0 fully saturated rings. The molecule has 0 spiro atoms. The van der Waals surface area contributed by atoms with E-state index in [4.69, 9.17) is 0 Å². The molecule has 0 saturated carbocycles. The van der Waals surface area contributed by atoms with E-state index < -0.39 is 34.5 Å². The first-order valence-electron chi connectivity index (χ1n) is 13.6. The van der Waals surface area contributed by atoms with Crippen molar-refractivity contribution >= 4 is 27.7 Å². The van der Waals surface area contributed by atoms with Crippen molar-refractivity contribution in [2.75, 3.05) is 24.9 Å². The SMILES string of the molecule is CCC(C)NC(=O)C(Cc1ccccc1)N(Cc1ccc(C)cc1)C(=O)CN(c1ccccc1F)S(=O)(=O)N(C)C. The van der Waals surface area contributed by atoms with E-state index in [0.29, 0.717) is 6.42 Å². The van der Waals surface area contributed by atoms with Gasteiger partial charge in [-0.25, -0.2) is 8.70 Å². The van der Waals surface area contributed by atoms with Gasteiger partial charge in [0.05, 0.1) is 5.69 Å². The molecule has 8 nitrogen and oxygen atoms in total. The normalized spacial score (nSPS) is 13.0. The molecule has 41 heavy (non-hydrogen) atoms. The Labute approximate surface area is 243 Å². The summed E-state index contributed by atoms with van der Waals surface area (Å²) in [5, 5.41) is 2.99. The van der Waals surface area contributed by atoms with Crippen LogP contribution in [0.3, 0.4) is 0 Å². The van der Waals surface area contributed by atoms with E-state index >= 15 is 0 Å². The first-order chi connectivity index (χ1) is 19.4.